The van der Waals surface area contributed by atoms with Crippen LogP contribution in [0.1, 0.15) is 59.8 Å². The van der Waals surface area contributed by atoms with Crippen molar-refractivity contribution in [2.24, 2.45) is 16.7 Å². The molecule has 0 radical (unpaired) electrons. The van der Waals surface area contributed by atoms with E-state index in [0.29, 0.717) is 11.3 Å². The highest BCUT2D eigenvalue weighted by molar-refractivity contribution is 5.32. The van der Waals surface area contributed by atoms with Crippen molar-refractivity contribution < 1.29 is 0 Å². The van der Waals surface area contributed by atoms with Gasteiger partial charge in [-0.3, -0.25) is 0 Å². The van der Waals surface area contributed by atoms with Gasteiger partial charge in [-0.2, -0.15) is 5.26 Å². The summed E-state index contributed by atoms with van der Waals surface area (Å²) in [5.41, 5.74) is 3.49. The first-order valence-corrected chi connectivity index (χ1v) is 6.54. The lowest BCUT2D eigenvalue weighted by Crippen LogP contribution is -2.37. The van der Waals surface area contributed by atoms with Crippen molar-refractivity contribution in [3.8, 4) is 6.07 Å². The standard InChI is InChI=1S/C15H23N/c1-11-13-12(6-5-8-14(13,2)3)7-9-15(11,4)10-16/h11H,5-9H2,1-4H3/t11-,15-/m0/s1. The summed E-state index contributed by atoms with van der Waals surface area (Å²) in [7, 11) is 0. The number of allylic oxidation sites excluding steroid dienone is 2. The molecule has 0 bridgehead atoms. The van der Waals surface area contributed by atoms with Crippen LogP contribution in [0.5, 0.6) is 0 Å². The first kappa shape index (κ1) is 11.7. The van der Waals surface area contributed by atoms with Crippen LogP contribution in [0.25, 0.3) is 0 Å². The maximum atomic E-state index is 9.41. The van der Waals surface area contributed by atoms with Crippen LogP contribution in [0.2, 0.25) is 0 Å². The van der Waals surface area contributed by atoms with E-state index >= 15 is 0 Å². The third kappa shape index (κ3) is 1.59. The third-order valence-corrected chi connectivity index (χ3v) is 4.98. The highest BCUT2D eigenvalue weighted by Gasteiger charge is 2.44. The Morgan fingerprint density at radius 1 is 1.19 bits per heavy atom. The lowest BCUT2D eigenvalue weighted by molar-refractivity contribution is 0.209. The van der Waals surface area contributed by atoms with Crippen molar-refractivity contribution >= 4 is 0 Å². The van der Waals surface area contributed by atoms with Gasteiger partial charge in [0.25, 0.3) is 0 Å². The van der Waals surface area contributed by atoms with Gasteiger partial charge in [0.15, 0.2) is 0 Å². The fourth-order valence-corrected chi connectivity index (χ4v) is 3.74. The predicted octanol–water partition coefficient (Wildman–Crippen LogP) is 4.45. The summed E-state index contributed by atoms with van der Waals surface area (Å²) >= 11 is 0. The zero-order valence-electron chi connectivity index (χ0n) is 11.1. The molecular formula is C15H23N. The van der Waals surface area contributed by atoms with E-state index in [0.717, 1.165) is 12.8 Å². The second-order valence-electron chi connectivity index (χ2n) is 6.51. The van der Waals surface area contributed by atoms with E-state index < -0.39 is 0 Å². The SMILES string of the molecule is C[C@H]1C2=C(CCCC2(C)C)CC[C@@]1(C)C#N. The Balaban J connectivity index is 2.45. The van der Waals surface area contributed by atoms with Gasteiger partial charge in [-0.15, -0.1) is 0 Å². The molecule has 2 atom stereocenters. The highest BCUT2D eigenvalue weighted by Crippen LogP contribution is 2.54. The van der Waals surface area contributed by atoms with Gasteiger partial charge in [0.05, 0.1) is 11.5 Å². The zero-order chi connectivity index (χ0) is 12.0. The van der Waals surface area contributed by atoms with Gasteiger partial charge in [-0.05, 0) is 50.4 Å². The van der Waals surface area contributed by atoms with Crippen LogP contribution in [0.3, 0.4) is 0 Å². The van der Waals surface area contributed by atoms with Crippen LogP contribution in [-0.2, 0) is 0 Å². The van der Waals surface area contributed by atoms with Crippen molar-refractivity contribution in [2.45, 2.75) is 59.8 Å². The fraction of sp³-hybridized carbons (Fsp3) is 0.800. The van der Waals surface area contributed by atoms with E-state index in [-0.39, 0.29) is 5.41 Å². The molecule has 0 heterocycles. The molecule has 1 heteroatoms. The summed E-state index contributed by atoms with van der Waals surface area (Å²) in [6, 6.07) is 2.57. The van der Waals surface area contributed by atoms with E-state index in [1.165, 1.54) is 19.3 Å². The summed E-state index contributed by atoms with van der Waals surface area (Å²) in [4.78, 5) is 0. The minimum Gasteiger partial charge on any atom is -0.198 e. The molecule has 16 heavy (non-hydrogen) atoms. The topological polar surface area (TPSA) is 23.8 Å². The van der Waals surface area contributed by atoms with E-state index in [1.54, 1.807) is 11.1 Å². The number of hydrogen-bond acceptors (Lipinski definition) is 1. The average molecular weight is 217 g/mol. The molecule has 1 nitrogen and oxygen atoms in total. The second-order valence-corrected chi connectivity index (χ2v) is 6.51. The summed E-state index contributed by atoms with van der Waals surface area (Å²) in [6.45, 7) is 9.14. The lowest BCUT2D eigenvalue weighted by Gasteiger charge is -2.46. The molecule has 0 fully saturated rings. The molecule has 0 saturated heterocycles. The molecule has 2 rings (SSSR count). The minimum absolute atomic E-state index is 0.132. The van der Waals surface area contributed by atoms with E-state index in [4.69, 9.17) is 0 Å². The molecule has 0 unspecified atom stereocenters. The molecule has 0 aromatic rings. The number of nitriles is 1. The van der Waals surface area contributed by atoms with Gasteiger partial charge in [-0.1, -0.05) is 31.9 Å². The maximum absolute atomic E-state index is 9.41. The van der Waals surface area contributed by atoms with Crippen molar-refractivity contribution in [2.75, 3.05) is 0 Å². The molecule has 0 aromatic heterocycles. The van der Waals surface area contributed by atoms with Crippen LogP contribution in [0.15, 0.2) is 11.1 Å². The molecule has 0 spiro atoms. The van der Waals surface area contributed by atoms with Crippen LogP contribution in [0.4, 0.5) is 0 Å². The Kier molecular flexibility index (Phi) is 2.65. The zero-order valence-corrected chi connectivity index (χ0v) is 11.1. The summed E-state index contributed by atoms with van der Waals surface area (Å²) < 4.78 is 0. The summed E-state index contributed by atoms with van der Waals surface area (Å²) in [6.07, 6.45) is 6.12. The quantitative estimate of drug-likeness (QED) is 0.550. The minimum atomic E-state index is -0.132. The first-order chi connectivity index (χ1) is 7.41. The Hall–Kier alpha value is -0.770. The molecular weight excluding hydrogens is 194 g/mol. The Labute approximate surface area is 99.5 Å². The van der Waals surface area contributed by atoms with Gasteiger partial charge in [0.1, 0.15) is 0 Å². The largest absolute Gasteiger partial charge is 0.198 e. The van der Waals surface area contributed by atoms with E-state index in [1.807, 2.05) is 0 Å². The predicted molar refractivity (Wildman–Crippen MR) is 66.8 cm³/mol. The van der Waals surface area contributed by atoms with Gasteiger partial charge >= 0.3 is 0 Å². The Morgan fingerprint density at radius 2 is 1.88 bits per heavy atom. The lowest BCUT2D eigenvalue weighted by atomic mass is 9.57. The third-order valence-electron chi connectivity index (χ3n) is 4.98. The first-order valence-electron chi connectivity index (χ1n) is 6.54. The van der Waals surface area contributed by atoms with Crippen molar-refractivity contribution in [1.29, 1.82) is 5.26 Å². The van der Waals surface area contributed by atoms with Gasteiger partial charge < -0.3 is 0 Å². The monoisotopic (exact) mass is 217 g/mol. The van der Waals surface area contributed by atoms with Crippen molar-refractivity contribution in [3.63, 3.8) is 0 Å². The number of hydrogen-bond donors (Lipinski definition) is 0. The normalized spacial score (nSPS) is 37.8. The Morgan fingerprint density at radius 3 is 2.50 bits per heavy atom. The van der Waals surface area contributed by atoms with Crippen molar-refractivity contribution in [1.82, 2.24) is 0 Å². The van der Waals surface area contributed by atoms with E-state index in [2.05, 4.69) is 33.8 Å². The van der Waals surface area contributed by atoms with Crippen molar-refractivity contribution in [3.05, 3.63) is 11.1 Å². The van der Waals surface area contributed by atoms with Gasteiger partial charge in [0, 0.05) is 0 Å². The molecule has 0 aromatic carbocycles. The summed E-state index contributed by atoms with van der Waals surface area (Å²) in [5, 5.41) is 9.41. The molecule has 0 N–H and O–H groups in total. The number of nitrogens with zero attached hydrogens (tertiary/aromatic N) is 1. The maximum Gasteiger partial charge on any atom is 0.0693 e. The highest BCUT2D eigenvalue weighted by atomic mass is 14.5. The molecule has 2 aliphatic rings. The van der Waals surface area contributed by atoms with Gasteiger partial charge in [0.2, 0.25) is 0 Å². The van der Waals surface area contributed by atoms with E-state index in [9.17, 15) is 5.26 Å². The van der Waals surface area contributed by atoms with Gasteiger partial charge in [-0.25, -0.2) is 0 Å². The second kappa shape index (κ2) is 3.62. The fourth-order valence-electron chi connectivity index (χ4n) is 3.74. The smallest absolute Gasteiger partial charge is 0.0693 e. The molecule has 88 valence electrons. The summed E-state index contributed by atoms with van der Waals surface area (Å²) in [5.74, 6) is 0.441. The average Bonchev–Trinajstić information content (AvgIpc) is 2.23. The van der Waals surface area contributed by atoms with Crippen LogP contribution in [0, 0.1) is 28.1 Å². The molecule has 0 amide bonds. The number of rotatable bonds is 0. The molecule has 2 aliphatic carbocycles. The molecule has 0 saturated carbocycles. The van der Waals surface area contributed by atoms with Crippen LogP contribution in [-0.4, -0.2) is 0 Å². The van der Waals surface area contributed by atoms with Crippen LogP contribution < -0.4 is 0 Å². The van der Waals surface area contributed by atoms with Crippen LogP contribution >= 0.6 is 0 Å². The molecule has 0 aliphatic heterocycles. The Bertz CT molecular complexity index is 369.